The fourth-order valence-corrected chi connectivity index (χ4v) is 2.20. The van der Waals surface area contributed by atoms with Gasteiger partial charge in [0.25, 0.3) is 5.69 Å². The molecule has 6 nitrogen and oxygen atoms in total. The summed E-state index contributed by atoms with van der Waals surface area (Å²) in [5.41, 5.74) is 0.0359. The zero-order valence-electron chi connectivity index (χ0n) is 10.3. The van der Waals surface area contributed by atoms with Crippen molar-refractivity contribution in [2.45, 2.75) is 30.8 Å². The molecule has 1 aromatic carbocycles. The van der Waals surface area contributed by atoms with Crippen LogP contribution in [-0.2, 0) is 9.84 Å². The van der Waals surface area contributed by atoms with Crippen LogP contribution in [0.5, 0.6) is 0 Å². The highest BCUT2D eigenvalue weighted by molar-refractivity contribution is 7.90. The molecule has 18 heavy (non-hydrogen) atoms. The van der Waals surface area contributed by atoms with E-state index in [1.165, 1.54) is 19.1 Å². The van der Waals surface area contributed by atoms with Gasteiger partial charge in [-0.3, -0.25) is 10.1 Å². The number of rotatable bonds is 4. The van der Waals surface area contributed by atoms with E-state index in [4.69, 9.17) is 0 Å². The van der Waals surface area contributed by atoms with Gasteiger partial charge in [-0.05, 0) is 13.0 Å². The average molecular weight is 273 g/mol. The summed E-state index contributed by atoms with van der Waals surface area (Å²) >= 11 is 0. The van der Waals surface area contributed by atoms with Crippen LogP contribution in [0.2, 0.25) is 0 Å². The van der Waals surface area contributed by atoms with Gasteiger partial charge in [-0.15, -0.1) is 0 Å². The van der Waals surface area contributed by atoms with E-state index in [0.717, 1.165) is 12.3 Å². The Labute approximate surface area is 105 Å². The number of benzene rings is 1. The van der Waals surface area contributed by atoms with Gasteiger partial charge in [-0.2, -0.15) is 0 Å². The monoisotopic (exact) mass is 273 g/mol. The summed E-state index contributed by atoms with van der Waals surface area (Å²) in [6, 6.07) is 3.73. The molecular formula is C11H15NO5S. The zero-order chi connectivity index (χ0) is 14.1. The van der Waals surface area contributed by atoms with Crippen molar-refractivity contribution >= 4 is 15.5 Å². The molecule has 1 rings (SSSR count). The van der Waals surface area contributed by atoms with Crippen LogP contribution in [-0.4, -0.2) is 30.8 Å². The number of hydrogen-bond donors (Lipinski definition) is 1. The van der Waals surface area contributed by atoms with Gasteiger partial charge in [0.1, 0.15) is 0 Å². The lowest BCUT2D eigenvalue weighted by molar-refractivity contribution is -0.386. The highest BCUT2D eigenvalue weighted by atomic mass is 32.2. The van der Waals surface area contributed by atoms with Crippen LogP contribution in [0, 0.1) is 10.1 Å². The van der Waals surface area contributed by atoms with Crippen molar-refractivity contribution in [3.8, 4) is 0 Å². The maximum Gasteiger partial charge on any atom is 0.274 e. The van der Waals surface area contributed by atoms with E-state index < -0.39 is 26.8 Å². The Bertz CT molecular complexity index is 565. The first-order valence-corrected chi connectivity index (χ1v) is 7.20. The quantitative estimate of drug-likeness (QED) is 0.662. The summed E-state index contributed by atoms with van der Waals surface area (Å²) in [6.45, 7) is 3.17. The van der Waals surface area contributed by atoms with Crippen LogP contribution < -0.4 is 0 Å². The fourth-order valence-electron chi connectivity index (χ4n) is 1.56. The van der Waals surface area contributed by atoms with Crippen molar-refractivity contribution in [1.82, 2.24) is 0 Å². The molecule has 0 aromatic heterocycles. The number of aliphatic hydroxyl groups excluding tert-OH is 1. The van der Waals surface area contributed by atoms with Gasteiger partial charge in [0.15, 0.2) is 9.84 Å². The lowest BCUT2D eigenvalue weighted by Gasteiger charge is -2.15. The van der Waals surface area contributed by atoms with Crippen molar-refractivity contribution in [2.75, 3.05) is 6.26 Å². The number of aliphatic hydroxyl groups is 1. The molecule has 0 aliphatic carbocycles. The van der Waals surface area contributed by atoms with Crippen LogP contribution in [0.4, 0.5) is 5.69 Å². The van der Waals surface area contributed by atoms with Crippen molar-refractivity contribution < 1.29 is 18.4 Å². The van der Waals surface area contributed by atoms with Crippen molar-refractivity contribution in [1.29, 1.82) is 0 Å². The molecule has 1 N–H and O–H groups in total. The van der Waals surface area contributed by atoms with Gasteiger partial charge in [-0.25, -0.2) is 8.42 Å². The molecule has 2 atom stereocenters. The molecular weight excluding hydrogens is 258 g/mol. The SMILES string of the molecule is CC(O)C(C)c1ccc(S(C)(=O)=O)cc1[N+](=O)[O-]. The molecule has 0 radical (unpaired) electrons. The molecule has 0 heterocycles. The van der Waals surface area contributed by atoms with E-state index in [9.17, 15) is 23.6 Å². The first-order valence-electron chi connectivity index (χ1n) is 5.31. The highest BCUT2D eigenvalue weighted by Gasteiger charge is 2.24. The van der Waals surface area contributed by atoms with Crippen molar-refractivity contribution in [3.63, 3.8) is 0 Å². The Kier molecular flexibility index (Phi) is 4.08. The normalized spacial score (nSPS) is 15.1. The van der Waals surface area contributed by atoms with Gasteiger partial charge >= 0.3 is 0 Å². The highest BCUT2D eigenvalue weighted by Crippen LogP contribution is 2.30. The minimum absolute atomic E-state index is 0.101. The lowest BCUT2D eigenvalue weighted by atomic mass is 9.95. The summed E-state index contributed by atoms with van der Waals surface area (Å²) in [4.78, 5) is 10.2. The van der Waals surface area contributed by atoms with E-state index in [1.807, 2.05) is 0 Å². The molecule has 100 valence electrons. The van der Waals surface area contributed by atoms with E-state index >= 15 is 0 Å². The van der Waals surface area contributed by atoms with Crippen LogP contribution >= 0.6 is 0 Å². The van der Waals surface area contributed by atoms with Crippen molar-refractivity contribution in [2.24, 2.45) is 0 Å². The molecule has 0 amide bonds. The van der Waals surface area contributed by atoms with E-state index in [1.54, 1.807) is 6.92 Å². The predicted octanol–water partition coefficient (Wildman–Crippen LogP) is 1.48. The number of sulfone groups is 1. The molecule has 1 aromatic rings. The molecule has 0 fully saturated rings. The Morgan fingerprint density at radius 3 is 2.28 bits per heavy atom. The molecule has 0 saturated carbocycles. The third-order valence-electron chi connectivity index (χ3n) is 2.84. The smallest absolute Gasteiger partial charge is 0.274 e. The molecule has 2 unspecified atom stereocenters. The molecule has 0 saturated heterocycles. The first-order chi connectivity index (χ1) is 8.14. The van der Waals surface area contributed by atoms with Gasteiger partial charge in [0.05, 0.1) is 15.9 Å². The van der Waals surface area contributed by atoms with E-state index in [0.29, 0.717) is 5.56 Å². The van der Waals surface area contributed by atoms with Gasteiger partial charge in [-0.1, -0.05) is 13.0 Å². The second kappa shape index (κ2) is 5.03. The second-order valence-electron chi connectivity index (χ2n) is 4.28. The summed E-state index contributed by atoms with van der Waals surface area (Å²) in [5, 5.41) is 20.4. The maximum atomic E-state index is 11.4. The first kappa shape index (κ1) is 14.6. The minimum atomic E-state index is -3.49. The summed E-state index contributed by atoms with van der Waals surface area (Å²) in [7, 11) is -3.49. The van der Waals surface area contributed by atoms with E-state index in [2.05, 4.69) is 0 Å². The fraction of sp³-hybridized carbons (Fsp3) is 0.455. The molecule has 7 heteroatoms. The number of nitro groups is 1. The second-order valence-corrected chi connectivity index (χ2v) is 6.29. The third kappa shape index (κ3) is 3.05. The Hall–Kier alpha value is -1.47. The summed E-state index contributed by atoms with van der Waals surface area (Å²) < 4.78 is 22.7. The molecule has 0 aliphatic rings. The Balaban J connectivity index is 3.43. The topological polar surface area (TPSA) is 97.5 Å². The minimum Gasteiger partial charge on any atom is -0.393 e. The number of nitro benzene ring substituents is 1. The third-order valence-corrected chi connectivity index (χ3v) is 3.95. The van der Waals surface area contributed by atoms with Crippen molar-refractivity contribution in [3.05, 3.63) is 33.9 Å². The largest absolute Gasteiger partial charge is 0.393 e. The maximum absolute atomic E-state index is 11.4. The van der Waals surface area contributed by atoms with Gasteiger partial charge in [0.2, 0.25) is 0 Å². The van der Waals surface area contributed by atoms with Crippen LogP contribution in [0.25, 0.3) is 0 Å². The zero-order valence-corrected chi connectivity index (χ0v) is 11.1. The average Bonchev–Trinajstić information content (AvgIpc) is 2.25. The Morgan fingerprint density at radius 1 is 1.33 bits per heavy atom. The van der Waals surface area contributed by atoms with Gasteiger partial charge < -0.3 is 5.11 Å². The number of hydrogen-bond acceptors (Lipinski definition) is 5. The van der Waals surface area contributed by atoms with Gasteiger partial charge in [0, 0.05) is 23.8 Å². The summed E-state index contributed by atoms with van der Waals surface area (Å²) in [6.07, 6.45) is 0.233. The predicted molar refractivity (Wildman–Crippen MR) is 66.3 cm³/mol. The van der Waals surface area contributed by atoms with Crippen LogP contribution in [0.1, 0.15) is 25.3 Å². The van der Waals surface area contributed by atoms with Crippen LogP contribution in [0.15, 0.2) is 23.1 Å². The molecule has 0 spiro atoms. The Morgan fingerprint density at radius 2 is 1.89 bits per heavy atom. The molecule has 0 bridgehead atoms. The molecule has 0 aliphatic heterocycles. The number of nitrogens with zero attached hydrogens (tertiary/aromatic N) is 1. The standard InChI is InChI=1S/C11H15NO5S/c1-7(8(2)13)10-5-4-9(18(3,16)17)6-11(10)12(14)15/h4-8,13H,1-3H3. The van der Waals surface area contributed by atoms with Crippen LogP contribution in [0.3, 0.4) is 0 Å². The lowest BCUT2D eigenvalue weighted by Crippen LogP contribution is -2.13. The van der Waals surface area contributed by atoms with E-state index in [-0.39, 0.29) is 10.6 Å². The summed E-state index contributed by atoms with van der Waals surface area (Å²) in [5.74, 6) is -0.445.